The summed E-state index contributed by atoms with van der Waals surface area (Å²) in [6.45, 7) is 5.04. The van der Waals surface area contributed by atoms with Crippen molar-refractivity contribution in [3.8, 4) is 0 Å². The van der Waals surface area contributed by atoms with Crippen LogP contribution in [0, 0.1) is 0 Å². The van der Waals surface area contributed by atoms with Gasteiger partial charge >= 0.3 is 6.03 Å². The molecule has 1 fully saturated rings. The van der Waals surface area contributed by atoms with Gasteiger partial charge in [0.05, 0.1) is 6.61 Å². The molecule has 1 saturated heterocycles. The Morgan fingerprint density at radius 1 is 1.17 bits per heavy atom. The van der Waals surface area contributed by atoms with Gasteiger partial charge in [-0.25, -0.2) is 4.79 Å². The van der Waals surface area contributed by atoms with E-state index in [9.17, 15) is 4.79 Å². The number of carbonyl (C=O) groups excluding carboxylic acids is 1. The summed E-state index contributed by atoms with van der Waals surface area (Å²) in [5.74, 6) is 0. The van der Waals surface area contributed by atoms with Crippen LogP contribution in [-0.2, 0) is 0 Å². The first-order chi connectivity index (χ1) is 8.61. The molecule has 1 rings (SSSR count). The standard InChI is InChI=1S/C13H26N2O3/c1-11-5-3-6-12(2)15(11)13(18)14(8-10-17)7-4-9-16/h11-12,16-17H,3-10H2,1-2H3/t11-,12+. The molecule has 5 heteroatoms. The number of nitrogens with zero attached hydrogens (tertiary/aromatic N) is 2. The lowest BCUT2D eigenvalue weighted by Gasteiger charge is -2.41. The Hall–Kier alpha value is -0.810. The van der Waals surface area contributed by atoms with E-state index in [4.69, 9.17) is 10.2 Å². The third-order valence-electron chi connectivity index (χ3n) is 3.64. The van der Waals surface area contributed by atoms with Crippen molar-refractivity contribution in [1.29, 1.82) is 0 Å². The molecule has 0 saturated carbocycles. The normalized spacial score (nSPS) is 24.1. The van der Waals surface area contributed by atoms with Crippen molar-refractivity contribution in [2.24, 2.45) is 0 Å². The molecule has 2 amide bonds. The number of amides is 2. The molecule has 2 N–H and O–H groups in total. The third-order valence-corrected chi connectivity index (χ3v) is 3.64. The van der Waals surface area contributed by atoms with Gasteiger partial charge < -0.3 is 20.0 Å². The molecular formula is C13H26N2O3. The second kappa shape index (κ2) is 7.59. The number of carbonyl (C=O) groups is 1. The van der Waals surface area contributed by atoms with Crippen molar-refractivity contribution in [1.82, 2.24) is 9.80 Å². The van der Waals surface area contributed by atoms with Crippen molar-refractivity contribution in [2.45, 2.75) is 51.6 Å². The predicted octanol–water partition coefficient (Wildman–Crippen LogP) is 1.05. The Kier molecular flexibility index (Phi) is 6.43. The van der Waals surface area contributed by atoms with Gasteiger partial charge in [-0.05, 0) is 39.5 Å². The topological polar surface area (TPSA) is 64.0 Å². The van der Waals surface area contributed by atoms with Gasteiger partial charge in [0.2, 0.25) is 0 Å². The van der Waals surface area contributed by atoms with Gasteiger partial charge in [0.1, 0.15) is 0 Å². The van der Waals surface area contributed by atoms with E-state index in [0.29, 0.717) is 19.5 Å². The number of hydrogen-bond donors (Lipinski definition) is 2. The third kappa shape index (κ3) is 3.85. The van der Waals surface area contributed by atoms with Crippen LogP contribution >= 0.6 is 0 Å². The zero-order chi connectivity index (χ0) is 13.5. The van der Waals surface area contributed by atoms with Crippen LogP contribution in [-0.4, -0.2) is 64.4 Å². The maximum atomic E-state index is 12.5. The molecule has 5 nitrogen and oxygen atoms in total. The molecule has 0 aromatic heterocycles. The predicted molar refractivity (Wildman–Crippen MR) is 70.4 cm³/mol. The summed E-state index contributed by atoms with van der Waals surface area (Å²) in [6, 6.07) is 0.519. The Balaban J connectivity index is 2.67. The van der Waals surface area contributed by atoms with Gasteiger partial charge in [-0.15, -0.1) is 0 Å². The highest BCUT2D eigenvalue weighted by molar-refractivity contribution is 5.75. The lowest BCUT2D eigenvalue weighted by molar-refractivity contribution is 0.0844. The number of hydrogen-bond acceptors (Lipinski definition) is 3. The molecule has 0 aromatic rings. The van der Waals surface area contributed by atoms with E-state index >= 15 is 0 Å². The smallest absolute Gasteiger partial charge is 0.320 e. The highest BCUT2D eigenvalue weighted by Gasteiger charge is 2.31. The number of aliphatic hydroxyl groups is 2. The van der Waals surface area contributed by atoms with Crippen molar-refractivity contribution >= 4 is 6.03 Å². The van der Waals surface area contributed by atoms with E-state index in [1.54, 1.807) is 4.90 Å². The van der Waals surface area contributed by atoms with Gasteiger partial charge in [0, 0.05) is 31.8 Å². The Bertz CT molecular complexity index is 251. The summed E-state index contributed by atoms with van der Waals surface area (Å²) in [7, 11) is 0. The molecule has 1 aliphatic rings. The van der Waals surface area contributed by atoms with Crippen molar-refractivity contribution in [3.63, 3.8) is 0 Å². The molecule has 1 heterocycles. The number of aliphatic hydroxyl groups excluding tert-OH is 2. The second-order valence-corrected chi connectivity index (χ2v) is 5.11. The number of piperidine rings is 1. The van der Waals surface area contributed by atoms with Gasteiger partial charge in [-0.2, -0.15) is 0 Å². The molecule has 0 spiro atoms. The monoisotopic (exact) mass is 258 g/mol. The highest BCUT2D eigenvalue weighted by atomic mass is 16.3. The minimum Gasteiger partial charge on any atom is -0.396 e. The highest BCUT2D eigenvalue weighted by Crippen LogP contribution is 2.23. The van der Waals surface area contributed by atoms with E-state index in [-0.39, 0.29) is 31.3 Å². The minimum atomic E-state index is -0.0340. The number of urea groups is 1. The average Bonchev–Trinajstić information content (AvgIpc) is 2.34. The summed E-state index contributed by atoms with van der Waals surface area (Å²) in [5, 5.41) is 17.9. The van der Waals surface area contributed by atoms with Gasteiger partial charge in [0.15, 0.2) is 0 Å². The second-order valence-electron chi connectivity index (χ2n) is 5.11. The quantitative estimate of drug-likeness (QED) is 0.774. The molecule has 2 atom stereocenters. The number of likely N-dealkylation sites (tertiary alicyclic amines) is 1. The molecule has 0 unspecified atom stereocenters. The van der Waals surface area contributed by atoms with Crippen molar-refractivity contribution < 1.29 is 15.0 Å². The fourth-order valence-corrected chi connectivity index (χ4v) is 2.65. The van der Waals surface area contributed by atoms with Crippen LogP contribution in [0.1, 0.15) is 39.5 Å². The first-order valence-electron chi connectivity index (χ1n) is 6.90. The lowest BCUT2D eigenvalue weighted by atomic mass is 9.98. The molecule has 0 aliphatic carbocycles. The zero-order valence-corrected chi connectivity index (χ0v) is 11.5. The maximum Gasteiger partial charge on any atom is 0.320 e. The van der Waals surface area contributed by atoms with Crippen LogP contribution in [0.3, 0.4) is 0 Å². The van der Waals surface area contributed by atoms with Crippen LogP contribution in [0.4, 0.5) is 4.79 Å². The molecule has 1 aliphatic heterocycles. The largest absolute Gasteiger partial charge is 0.396 e. The Labute approximate surface area is 109 Å². The zero-order valence-electron chi connectivity index (χ0n) is 11.5. The van der Waals surface area contributed by atoms with E-state index in [1.807, 2.05) is 4.90 Å². The molecule has 18 heavy (non-hydrogen) atoms. The van der Waals surface area contributed by atoms with Crippen LogP contribution in [0.15, 0.2) is 0 Å². The van der Waals surface area contributed by atoms with Crippen LogP contribution in [0.25, 0.3) is 0 Å². The summed E-state index contributed by atoms with van der Waals surface area (Å²) in [4.78, 5) is 16.0. The Morgan fingerprint density at radius 2 is 1.78 bits per heavy atom. The Morgan fingerprint density at radius 3 is 2.28 bits per heavy atom. The first-order valence-corrected chi connectivity index (χ1v) is 6.90. The van der Waals surface area contributed by atoms with Crippen LogP contribution in [0.2, 0.25) is 0 Å². The lowest BCUT2D eigenvalue weighted by Crippen LogP contribution is -2.53. The van der Waals surface area contributed by atoms with Gasteiger partial charge in [0.25, 0.3) is 0 Å². The SMILES string of the molecule is C[C@@H]1CCC[C@H](C)N1C(=O)N(CCO)CCCO. The summed E-state index contributed by atoms with van der Waals surface area (Å²) >= 11 is 0. The van der Waals surface area contributed by atoms with Crippen LogP contribution in [0.5, 0.6) is 0 Å². The van der Waals surface area contributed by atoms with Gasteiger partial charge in [-0.3, -0.25) is 0 Å². The molecule has 0 radical (unpaired) electrons. The average molecular weight is 258 g/mol. The van der Waals surface area contributed by atoms with E-state index in [1.165, 1.54) is 6.42 Å². The first kappa shape index (κ1) is 15.2. The molecule has 0 aromatic carbocycles. The minimum absolute atomic E-state index is 0.00259. The van der Waals surface area contributed by atoms with Gasteiger partial charge in [-0.1, -0.05) is 0 Å². The van der Waals surface area contributed by atoms with Crippen LogP contribution < -0.4 is 0 Å². The fraction of sp³-hybridized carbons (Fsp3) is 0.923. The summed E-state index contributed by atoms with van der Waals surface area (Å²) < 4.78 is 0. The van der Waals surface area contributed by atoms with E-state index < -0.39 is 0 Å². The number of rotatable bonds is 5. The van der Waals surface area contributed by atoms with Crippen molar-refractivity contribution in [2.75, 3.05) is 26.3 Å². The maximum absolute atomic E-state index is 12.5. The summed E-state index contributed by atoms with van der Waals surface area (Å²) in [6.07, 6.45) is 3.82. The molecular weight excluding hydrogens is 232 g/mol. The summed E-state index contributed by atoms with van der Waals surface area (Å²) in [5.41, 5.74) is 0. The molecule has 106 valence electrons. The molecule has 0 bridgehead atoms. The van der Waals surface area contributed by atoms with E-state index in [0.717, 1.165) is 12.8 Å². The fourth-order valence-electron chi connectivity index (χ4n) is 2.65. The van der Waals surface area contributed by atoms with E-state index in [2.05, 4.69) is 13.8 Å². The van der Waals surface area contributed by atoms with Crippen molar-refractivity contribution in [3.05, 3.63) is 0 Å².